The molecule has 17 heavy (non-hydrogen) atoms. The highest BCUT2D eigenvalue weighted by Crippen LogP contribution is 2.29. The smallest absolute Gasteiger partial charge is 0.123 e. The molecule has 0 saturated carbocycles. The maximum atomic E-state index is 13.2. The summed E-state index contributed by atoms with van der Waals surface area (Å²) in [4.78, 5) is 2.18. The molecule has 1 N–H and O–H groups in total. The third-order valence-electron chi connectivity index (χ3n) is 3.22. The maximum Gasteiger partial charge on any atom is 0.123 e. The van der Waals surface area contributed by atoms with E-state index in [1.54, 1.807) is 13.0 Å². The summed E-state index contributed by atoms with van der Waals surface area (Å²) in [6, 6.07) is 4.63. The highest BCUT2D eigenvalue weighted by atomic mass is 19.1. The van der Waals surface area contributed by atoms with Crippen molar-refractivity contribution in [2.24, 2.45) is 0 Å². The second-order valence-electron chi connectivity index (χ2n) is 4.63. The van der Waals surface area contributed by atoms with Crippen molar-refractivity contribution in [1.82, 2.24) is 0 Å². The third-order valence-corrected chi connectivity index (χ3v) is 3.22. The Labute approximate surface area is 101 Å². The van der Waals surface area contributed by atoms with Crippen LogP contribution in [0, 0.1) is 5.82 Å². The number of hydrogen-bond acceptors (Lipinski definition) is 2. The van der Waals surface area contributed by atoms with Gasteiger partial charge in [-0.1, -0.05) is 11.6 Å². The molecular weight excluding hydrogens is 217 g/mol. The van der Waals surface area contributed by atoms with Gasteiger partial charge in [-0.3, -0.25) is 0 Å². The van der Waals surface area contributed by atoms with E-state index >= 15 is 0 Å². The van der Waals surface area contributed by atoms with Crippen molar-refractivity contribution < 1.29 is 9.50 Å². The minimum Gasteiger partial charge on any atom is -0.389 e. The molecule has 2 nitrogen and oxygen atoms in total. The van der Waals surface area contributed by atoms with Crippen LogP contribution in [0.15, 0.2) is 29.8 Å². The number of rotatable bonds is 2. The Kier molecular flexibility index (Phi) is 3.48. The number of aliphatic hydroxyl groups excluding tert-OH is 1. The molecule has 0 radical (unpaired) electrons. The molecule has 0 fully saturated rings. The lowest BCUT2D eigenvalue weighted by molar-refractivity contribution is 0.199. The fourth-order valence-corrected chi connectivity index (χ4v) is 2.14. The number of halogens is 1. The van der Waals surface area contributed by atoms with Crippen molar-refractivity contribution in [3.8, 4) is 0 Å². The molecule has 1 aliphatic heterocycles. The van der Waals surface area contributed by atoms with Crippen LogP contribution in [-0.4, -0.2) is 18.2 Å². The number of benzene rings is 1. The van der Waals surface area contributed by atoms with Gasteiger partial charge in [-0.2, -0.15) is 0 Å². The largest absolute Gasteiger partial charge is 0.389 e. The quantitative estimate of drug-likeness (QED) is 0.796. The van der Waals surface area contributed by atoms with Crippen molar-refractivity contribution in [1.29, 1.82) is 0 Å². The van der Waals surface area contributed by atoms with Gasteiger partial charge < -0.3 is 10.0 Å². The Bertz CT molecular complexity index is 440. The standard InChI is InChI=1S/C14H18FNO/c1-10-5-7-16(8-6-10)14-4-3-12(15)9-13(14)11(2)17/h3-5,9,11,17H,6-8H2,1-2H3. The zero-order valence-corrected chi connectivity index (χ0v) is 10.3. The van der Waals surface area contributed by atoms with Gasteiger partial charge in [-0.15, -0.1) is 0 Å². The molecule has 1 aromatic carbocycles. The molecule has 92 valence electrons. The van der Waals surface area contributed by atoms with Gasteiger partial charge in [0.05, 0.1) is 6.10 Å². The summed E-state index contributed by atoms with van der Waals surface area (Å²) >= 11 is 0. The van der Waals surface area contributed by atoms with E-state index in [2.05, 4.69) is 17.9 Å². The molecule has 1 aliphatic rings. The Hall–Kier alpha value is -1.35. The first-order valence-electron chi connectivity index (χ1n) is 5.96. The first kappa shape index (κ1) is 12.1. The maximum absolute atomic E-state index is 13.2. The molecule has 0 saturated heterocycles. The minimum absolute atomic E-state index is 0.298. The van der Waals surface area contributed by atoms with E-state index in [0.717, 1.165) is 25.2 Å². The van der Waals surface area contributed by atoms with E-state index < -0.39 is 6.10 Å². The van der Waals surface area contributed by atoms with E-state index in [1.807, 2.05) is 0 Å². The summed E-state index contributed by atoms with van der Waals surface area (Å²) in [5, 5.41) is 9.70. The van der Waals surface area contributed by atoms with Gasteiger partial charge in [0.25, 0.3) is 0 Å². The molecule has 0 bridgehead atoms. The summed E-state index contributed by atoms with van der Waals surface area (Å²) in [5.74, 6) is -0.298. The van der Waals surface area contributed by atoms with E-state index in [0.29, 0.717) is 5.56 Å². The van der Waals surface area contributed by atoms with Crippen LogP contribution in [-0.2, 0) is 0 Å². The summed E-state index contributed by atoms with van der Waals surface area (Å²) in [5.41, 5.74) is 2.99. The molecule has 1 aromatic rings. The Morgan fingerprint density at radius 2 is 2.18 bits per heavy atom. The number of nitrogens with zero attached hydrogens (tertiary/aromatic N) is 1. The van der Waals surface area contributed by atoms with Gasteiger partial charge >= 0.3 is 0 Å². The average Bonchev–Trinajstić information content (AvgIpc) is 2.30. The van der Waals surface area contributed by atoms with E-state index in [-0.39, 0.29) is 5.82 Å². The van der Waals surface area contributed by atoms with Gasteiger partial charge in [0.1, 0.15) is 5.82 Å². The van der Waals surface area contributed by atoms with Gasteiger partial charge in [-0.05, 0) is 38.5 Å². The third kappa shape index (κ3) is 2.67. The second kappa shape index (κ2) is 4.88. The molecule has 0 aliphatic carbocycles. The van der Waals surface area contributed by atoms with Crippen molar-refractivity contribution in [2.75, 3.05) is 18.0 Å². The zero-order valence-electron chi connectivity index (χ0n) is 10.3. The Morgan fingerprint density at radius 1 is 1.41 bits per heavy atom. The van der Waals surface area contributed by atoms with Gasteiger partial charge in [0, 0.05) is 24.3 Å². The molecule has 0 spiro atoms. The zero-order chi connectivity index (χ0) is 12.4. The normalized spacial score (nSPS) is 17.9. The first-order valence-corrected chi connectivity index (χ1v) is 5.96. The molecule has 1 heterocycles. The lowest BCUT2D eigenvalue weighted by atomic mass is 10.0. The molecule has 2 rings (SSSR count). The predicted octanol–water partition coefficient (Wildman–Crippen LogP) is 3.04. The Morgan fingerprint density at radius 3 is 2.76 bits per heavy atom. The molecule has 1 atom stereocenters. The summed E-state index contributed by atoms with van der Waals surface area (Å²) < 4.78 is 13.2. The minimum atomic E-state index is -0.646. The predicted molar refractivity (Wildman–Crippen MR) is 67.6 cm³/mol. The molecule has 1 unspecified atom stereocenters. The molecule has 0 amide bonds. The van der Waals surface area contributed by atoms with Crippen LogP contribution >= 0.6 is 0 Å². The highest BCUT2D eigenvalue weighted by Gasteiger charge is 2.16. The Balaban J connectivity index is 2.32. The molecule has 0 aromatic heterocycles. The van der Waals surface area contributed by atoms with E-state index in [4.69, 9.17) is 0 Å². The lowest BCUT2D eigenvalue weighted by Gasteiger charge is -2.30. The van der Waals surface area contributed by atoms with Crippen LogP contribution in [0.3, 0.4) is 0 Å². The van der Waals surface area contributed by atoms with Gasteiger partial charge in [0.2, 0.25) is 0 Å². The van der Waals surface area contributed by atoms with Crippen LogP contribution < -0.4 is 4.90 Å². The fraction of sp³-hybridized carbons (Fsp3) is 0.429. The number of hydrogen-bond donors (Lipinski definition) is 1. The average molecular weight is 235 g/mol. The first-order chi connectivity index (χ1) is 8.08. The van der Waals surface area contributed by atoms with Crippen LogP contribution in [0.2, 0.25) is 0 Å². The van der Waals surface area contributed by atoms with Crippen molar-refractivity contribution in [3.05, 3.63) is 41.2 Å². The van der Waals surface area contributed by atoms with Gasteiger partial charge in [0.15, 0.2) is 0 Å². The van der Waals surface area contributed by atoms with Crippen LogP contribution in [0.4, 0.5) is 10.1 Å². The van der Waals surface area contributed by atoms with Crippen molar-refractivity contribution >= 4 is 5.69 Å². The van der Waals surface area contributed by atoms with Crippen LogP contribution in [0.5, 0.6) is 0 Å². The summed E-state index contributed by atoms with van der Waals surface area (Å²) in [6.45, 7) is 5.55. The van der Waals surface area contributed by atoms with Gasteiger partial charge in [-0.25, -0.2) is 4.39 Å². The second-order valence-corrected chi connectivity index (χ2v) is 4.63. The molecule has 3 heteroatoms. The number of anilines is 1. The van der Waals surface area contributed by atoms with E-state index in [9.17, 15) is 9.50 Å². The van der Waals surface area contributed by atoms with E-state index in [1.165, 1.54) is 17.7 Å². The van der Waals surface area contributed by atoms with Crippen molar-refractivity contribution in [3.63, 3.8) is 0 Å². The molecular formula is C14H18FNO. The van der Waals surface area contributed by atoms with Crippen LogP contribution in [0.1, 0.15) is 31.9 Å². The van der Waals surface area contributed by atoms with Crippen molar-refractivity contribution in [2.45, 2.75) is 26.4 Å². The lowest BCUT2D eigenvalue weighted by Crippen LogP contribution is -2.29. The topological polar surface area (TPSA) is 23.5 Å². The summed E-state index contributed by atoms with van der Waals surface area (Å²) in [7, 11) is 0. The SMILES string of the molecule is CC1=CCN(c2ccc(F)cc2C(C)O)CC1. The number of aliphatic hydroxyl groups is 1. The monoisotopic (exact) mass is 235 g/mol. The fourth-order valence-electron chi connectivity index (χ4n) is 2.14. The highest BCUT2D eigenvalue weighted by molar-refractivity contribution is 5.56. The van der Waals surface area contributed by atoms with Crippen LogP contribution in [0.25, 0.3) is 0 Å². The summed E-state index contributed by atoms with van der Waals surface area (Å²) in [6.07, 6.45) is 2.56.